The Labute approximate surface area is 127 Å². The van der Waals surface area contributed by atoms with E-state index in [-0.39, 0.29) is 0 Å². The number of aromatic nitrogens is 1. The molecular formula is C14H19BrClN3. The van der Waals surface area contributed by atoms with E-state index in [1.54, 1.807) is 6.20 Å². The molecule has 0 spiro atoms. The van der Waals surface area contributed by atoms with Crippen molar-refractivity contribution < 1.29 is 0 Å². The Morgan fingerprint density at radius 2 is 2.11 bits per heavy atom. The first-order valence-corrected chi connectivity index (χ1v) is 8.20. The Morgan fingerprint density at radius 1 is 1.32 bits per heavy atom. The predicted molar refractivity (Wildman–Crippen MR) is 82.9 cm³/mol. The SMILES string of the molecule is Clc1cnc(N2CCC(C3CCCN3)CC2)c(Br)c1. The standard InChI is InChI=1S/C14H19BrClN3/c15-12-8-11(16)9-18-14(12)19-6-3-10(4-7-19)13-2-1-5-17-13/h8-10,13,17H,1-7H2. The number of nitrogens with one attached hydrogen (secondary N) is 1. The second-order valence-electron chi connectivity index (χ2n) is 5.49. The Hall–Kier alpha value is -0.320. The molecule has 2 aliphatic heterocycles. The summed E-state index contributed by atoms with van der Waals surface area (Å²) in [6, 6.07) is 2.68. The normalized spacial score (nSPS) is 24.9. The highest BCUT2D eigenvalue weighted by molar-refractivity contribution is 9.10. The van der Waals surface area contributed by atoms with E-state index in [0.717, 1.165) is 35.3 Å². The molecule has 1 unspecified atom stereocenters. The summed E-state index contributed by atoms with van der Waals surface area (Å²) in [4.78, 5) is 6.82. The van der Waals surface area contributed by atoms with Gasteiger partial charge >= 0.3 is 0 Å². The average Bonchev–Trinajstić information content (AvgIpc) is 2.93. The number of halogens is 2. The van der Waals surface area contributed by atoms with Crippen LogP contribution < -0.4 is 10.2 Å². The molecule has 0 aromatic carbocycles. The Balaban J connectivity index is 1.63. The molecule has 2 fully saturated rings. The van der Waals surface area contributed by atoms with Gasteiger partial charge in [-0.15, -0.1) is 0 Å². The third kappa shape index (κ3) is 3.06. The van der Waals surface area contributed by atoms with Crippen LogP contribution in [0.1, 0.15) is 25.7 Å². The van der Waals surface area contributed by atoms with Crippen LogP contribution in [0.4, 0.5) is 5.82 Å². The lowest BCUT2D eigenvalue weighted by atomic mass is 9.88. The van der Waals surface area contributed by atoms with Gasteiger partial charge in [0.15, 0.2) is 0 Å². The molecule has 1 N–H and O–H groups in total. The smallest absolute Gasteiger partial charge is 0.142 e. The van der Waals surface area contributed by atoms with Crippen molar-refractivity contribution >= 4 is 33.3 Å². The van der Waals surface area contributed by atoms with E-state index in [1.807, 2.05) is 6.07 Å². The second kappa shape index (κ2) is 5.98. The minimum Gasteiger partial charge on any atom is -0.356 e. The van der Waals surface area contributed by atoms with Gasteiger partial charge in [0.1, 0.15) is 5.82 Å². The van der Waals surface area contributed by atoms with Gasteiger partial charge in [-0.2, -0.15) is 0 Å². The maximum atomic E-state index is 5.95. The van der Waals surface area contributed by atoms with Crippen LogP contribution in [0.3, 0.4) is 0 Å². The molecule has 0 amide bonds. The number of rotatable bonds is 2. The second-order valence-corrected chi connectivity index (χ2v) is 6.78. The lowest BCUT2D eigenvalue weighted by Gasteiger charge is -2.35. The van der Waals surface area contributed by atoms with Gasteiger partial charge in [0.2, 0.25) is 0 Å². The van der Waals surface area contributed by atoms with Crippen molar-refractivity contribution in [1.82, 2.24) is 10.3 Å². The summed E-state index contributed by atoms with van der Waals surface area (Å²) in [5.41, 5.74) is 0. The molecule has 3 rings (SSSR count). The highest BCUT2D eigenvalue weighted by Gasteiger charge is 2.29. The molecule has 19 heavy (non-hydrogen) atoms. The Kier molecular flexibility index (Phi) is 4.30. The molecule has 0 bridgehead atoms. The quantitative estimate of drug-likeness (QED) is 0.890. The van der Waals surface area contributed by atoms with Gasteiger partial charge in [0.05, 0.1) is 9.50 Å². The molecule has 5 heteroatoms. The minimum atomic E-state index is 0.681. The number of piperidine rings is 1. The number of pyridine rings is 1. The van der Waals surface area contributed by atoms with Crippen molar-refractivity contribution in [3.05, 3.63) is 21.8 Å². The summed E-state index contributed by atoms with van der Waals surface area (Å²) >= 11 is 9.51. The van der Waals surface area contributed by atoms with Crippen molar-refractivity contribution in [1.29, 1.82) is 0 Å². The van der Waals surface area contributed by atoms with Crippen LogP contribution in [0.25, 0.3) is 0 Å². The molecule has 0 radical (unpaired) electrons. The van der Waals surface area contributed by atoms with Crippen molar-refractivity contribution in [3.8, 4) is 0 Å². The fraction of sp³-hybridized carbons (Fsp3) is 0.643. The van der Waals surface area contributed by atoms with Crippen molar-refractivity contribution in [2.45, 2.75) is 31.7 Å². The van der Waals surface area contributed by atoms with Crippen LogP contribution in [0.2, 0.25) is 5.02 Å². The molecule has 3 nitrogen and oxygen atoms in total. The number of anilines is 1. The Bertz CT molecular complexity index is 440. The lowest BCUT2D eigenvalue weighted by molar-refractivity contribution is 0.318. The van der Waals surface area contributed by atoms with Crippen LogP contribution >= 0.6 is 27.5 Å². The van der Waals surface area contributed by atoms with Crippen molar-refractivity contribution in [2.75, 3.05) is 24.5 Å². The van der Waals surface area contributed by atoms with Gasteiger partial charge < -0.3 is 10.2 Å². The Morgan fingerprint density at radius 3 is 2.74 bits per heavy atom. The fourth-order valence-corrected chi connectivity index (χ4v) is 4.16. The lowest BCUT2D eigenvalue weighted by Crippen LogP contribution is -2.41. The van der Waals surface area contributed by atoms with E-state index < -0.39 is 0 Å². The summed E-state index contributed by atoms with van der Waals surface area (Å²) in [5, 5.41) is 4.32. The van der Waals surface area contributed by atoms with Gasteiger partial charge in [-0.05, 0) is 60.1 Å². The van der Waals surface area contributed by atoms with Gasteiger partial charge in [-0.25, -0.2) is 4.98 Å². The van der Waals surface area contributed by atoms with Gasteiger partial charge in [-0.3, -0.25) is 0 Å². The fourth-order valence-electron chi connectivity index (χ4n) is 3.27. The number of hydrogen-bond donors (Lipinski definition) is 1. The molecule has 1 atom stereocenters. The molecule has 104 valence electrons. The molecule has 0 saturated carbocycles. The van der Waals surface area contributed by atoms with E-state index in [2.05, 4.69) is 31.1 Å². The highest BCUT2D eigenvalue weighted by atomic mass is 79.9. The first-order valence-electron chi connectivity index (χ1n) is 7.03. The molecule has 2 saturated heterocycles. The average molecular weight is 345 g/mol. The molecule has 0 aliphatic carbocycles. The van der Waals surface area contributed by atoms with Crippen molar-refractivity contribution in [2.24, 2.45) is 5.92 Å². The minimum absolute atomic E-state index is 0.681. The molecule has 1 aromatic rings. The van der Waals surface area contributed by atoms with Gasteiger partial charge in [-0.1, -0.05) is 11.6 Å². The zero-order valence-corrected chi connectivity index (χ0v) is 13.3. The summed E-state index contributed by atoms with van der Waals surface area (Å²) in [7, 11) is 0. The largest absolute Gasteiger partial charge is 0.356 e. The summed E-state index contributed by atoms with van der Waals surface area (Å²) < 4.78 is 0.998. The molecular weight excluding hydrogens is 326 g/mol. The topological polar surface area (TPSA) is 28.2 Å². The van der Waals surface area contributed by atoms with E-state index in [4.69, 9.17) is 11.6 Å². The molecule has 3 heterocycles. The summed E-state index contributed by atoms with van der Waals surface area (Å²) in [5.74, 6) is 1.87. The van der Waals surface area contributed by atoms with Crippen LogP contribution in [0.5, 0.6) is 0 Å². The van der Waals surface area contributed by atoms with E-state index in [9.17, 15) is 0 Å². The van der Waals surface area contributed by atoms with Crippen LogP contribution in [-0.4, -0.2) is 30.7 Å². The van der Waals surface area contributed by atoms with E-state index in [0.29, 0.717) is 5.02 Å². The molecule has 1 aromatic heterocycles. The van der Waals surface area contributed by atoms with Crippen molar-refractivity contribution in [3.63, 3.8) is 0 Å². The van der Waals surface area contributed by atoms with Crippen LogP contribution in [0.15, 0.2) is 16.7 Å². The summed E-state index contributed by atoms with van der Waals surface area (Å²) in [6.45, 7) is 3.39. The molecule has 2 aliphatic rings. The van der Waals surface area contributed by atoms with Crippen LogP contribution in [-0.2, 0) is 0 Å². The zero-order valence-electron chi connectivity index (χ0n) is 10.9. The summed E-state index contributed by atoms with van der Waals surface area (Å²) in [6.07, 6.45) is 6.94. The third-order valence-electron chi connectivity index (χ3n) is 4.30. The monoisotopic (exact) mass is 343 g/mol. The predicted octanol–water partition coefficient (Wildman–Crippen LogP) is 3.47. The third-order valence-corrected chi connectivity index (χ3v) is 5.09. The van der Waals surface area contributed by atoms with E-state index in [1.165, 1.54) is 32.2 Å². The van der Waals surface area contributed by atoms with Crippen LogP contribution in [0, 0.1) is 5.92 Å². The number of hydrogen-bond acceptors (Lipinski definition) is 3. The first-order chi connectivity index (χ1) is 9.24. The first kappa shape index (κ1) is 13.7. The maximum absolute atomic E-state index is 5.95. The maximum Gasteiger partial charge on any atom is 0.142 e. The highest BCUT2D eigenvalue weighted by Crippen LogP contribution is 2.31. The zero-order chi connectivity index (χ0) is 13.2. The van der Waals surface area contributed by atoms with E-state index >= 15 is 0 Å². The van der Waals surface area contributed by atoms with Gasteiger partial charge in [0, 0.05) is 25.3 Å². The van der Waals surface area contributed by atoms with Gasteiger partial charge in [0.25, 0.3) is 0 Å². The number of nitrogens with zero attached hydrogens (tertiary/aromatic N) is 2.